The predicted molar refractivity (Wildman–Crippen MR) is 60.7 cm³/mol. The van der Waals surface area contributed by atoms with Gasteiger partial charge in [0.2, 0.25) is 5.91 Å². The Balaban J connectivity index is 2.12. The maximum Gasteiger partial charge on any atom is 0.225 e. The molecule has 1 aliphatic rings. The molecule has 15 heavy (non-hydrogen) atoms. The van der Waals surface area contributed by atoms with Crippen LogP contribution in [0.15, 0.2) is 0 Å². The van der Waals surface area contributed by atoms with Gasteiger partial charge in [-0.2, -0.15) is 0 Å². The molecule has 0 atom stereocenters. The smallest absolute Gasteiger partial charge is 0.225 e. The van der Waals surface area contributed by atoms with Crippen molar-refractivity contribution in [3.8, 4) is 0 Å². The third-order valence-electron chi connectivity index (χ3n) is 3.21. The average molecular weight is 213 g/mol. The van der Waals surface area contributed by atoms with Crippen molar-refractivity contribution in [2.75, 3.05) is 19.8 Å². The molecule has 1 rings (SSSR count). The lowest BCUT2D eigenvalue weighted by Crippen LogP contribution is -2.37. The molecule has 0 unspecified atom stereocenters. The summed E-state index contributed by atoms with van der Waals surface area (Å²) < 4.78 is 5.21. The van der Waals surface area contributed by atoms with Crippen LogP contribution >= 0.6 is 0 Å². The van der Waals surface area contributed by atoms with Crippen molar-refractivity contribution in [2.24, 2.45) is 5.41 Å². The fourth-order valence-electron chi connectivity index (χ4n) is 2.12. The van der Waals surface area contributed by atoms with Crippen molar-refractivity contribution in [1.29, 1.82) is 0 Å². The number of ether oxygens (including phenoxy) is 1. The fraction of sp³-hybridized carbons (Fsp3) is 0.917. The zero-order valence-corrected chi connectivity index (χ0v) is 9.97. The first-order valence-corrected chi connectivity index (χ1v) is 6.05. The van der Waals surface area contributed by atoms with Gasteiger partial charge in [0.25, 0.3) is 0 Å². The van der Waals surface area contributed by atoms with Crippen LogP contribution in [0.1, 0.15) is 46.0 Å². The van der Waals surface area contributed by atoms with Crippen LogP contribution in [0.3, 0.4) is 0 Å². The van der Waals surface area contributed by atoms with Crippen molar-refractivity contribution in [3.05, 3.63) is 0 Å². The summed E-state index contributed by atoms with van der Waals surface area (Å²) in [5.74, 6) is 0.233. The molecule has 1 N–H and O–H groups in total. The lowest BCUT2D eigenvalue weighted by Gasteiger charge is -2.22. The Morgan fingerprint density at radius 3 is 2.67 bits per heavy atom. The molecule has 1 aliphatic carbocycles. The first-order valence-electron chi connectivity index (χ1n) is 6.05. The molecule has 0 aromatic heterocycles. The highest BCUT2D eigenvalue weighted by Crippen LogP contribution is 2.37. The third-order valence-corrected chi connectivity index (χ3v) is 3.21. The van der Waals surface area contributed by atoms with Crippen LogP contribution < -0.4 is 5.32 Å². The maximum atomic E-state index is 11.8. The van der Waals surface area contributed by atoms with Crippen LogP contribution in [0.25, 0.3) is 0 Å². The van der Waals surface area contributed by atoms with E-state index in [1.807, 2.05) is 6.92 Å². The second kappa shape index (κ2) is 6.11. The summed E-state index contributed by atoms with van der Waals surface area (Å²) in [6.45, 7) is 6.31. The van der Waals surface area contributed by atoms with Gasteiger partial charge in [-0.15, -0.1) is 0 Å². The molecule has 0 radical (unpaired) electrons. The van der Waals surface area contributed by atoms with Gasteiger partial charge in [-0.25, -0.2) is 0 Å². The highest BCUT2D eigenvalue weighted by molar-refractivity contribution is 5.82. The van der Waals surface area contributed by atoms with Crippen LogP contribution in [-0.4, -0.2) is 25.7 Å². The summed E-state index contributed by atoms with van der Waals surface area (Å²) in [6, 6.07) is 0. The van der Waals surface area contributed by atoms with Gasteiger partial charge in [-0.3, -0.25) is 4.79 Å². The molecule has 1 saturated carbocycles. The molecule has 1 amide bonds. The van der Waals surface area contributed by atoms with Gasteiger partial charge < -0.3 is 10.1 Å². The molecule has 0 aliphatic heterocycles. The molecular weight excluding hydrogens is 190 g/mol. The molecule has 0 aromatic carbocycles. The Morgan fingerprint density at radius 1 is 1.40 bits per heavy atom. The predicted octanol–water partition coefficient (Wildman–Crippen LogP) is 2.11. The molecule has 3 heteroatoms. The van der Waals surface area contributed by atoms with Crippen LogP contribution in [-0.2, 0) is 9.53 Å². The molecular formula is C12H23NO2. The quantitative estimate of drug-likeness (QED) is 0.686. The van der Waals surface area contributed by atoms with E-state index in [0.29, 0.717) is 0 Å². The zero-order chi connectivity index (χ0) is 11.1. The van der Waals surface area contributed by atoms with Crippen molar-refractivity contribution in [3.63, 3.8) is 0 Å². The first-order chi connectivity index (χ1) is 7.19. The third kappa shape index (κ3) is 3.82. The second-order valence-corrected chi connectivity index (χ2v) is 4.57. The van der Waals surface area contributed by atoms with Crippen molar-refractivity contribution in [1.82, 2.24) is 5.32 Å². The summed E-state index contributed by atoms with van der Waals surface area (Å²) in [5, 5.41) is 3.01. The van der Waals surface area contributed by atoms with E-state index in [9.17, 15) is 4.79 Å². The number of carbonyl (C=O) groups excluding carboxylic acids is 1. The van der Waals surface area contributed by atoms with E-state index in [1.165, 1.54) is 12.8 Å². The van der Waals surface area contributed by atoms with Crippen molar-refractivity contribution in [2.45, 2.75) is 46.0 Å². The number of rotatable bonds is 6. The SMILES string of the molecule is CCOCCCNC(=O)C1(C)CCCC1. The van der Waals surface area contributed by atoms with E-state index in [2.05, 4.69) is 12.2 Å². The molecule has 88 valence electrons. The van der Waals surface area contributed by atoms with Gasteiger partial charge in [0, 0.05) is 25.2 Å². The standard InChI is InChI=1S/C12H23NO2/c1-3-15-10-6-9-13-11(14)12(2)7-4-5-8-12/h3-10H2,1-2H3,(H,13,14). The van der Waals surface area contributed by atoms with Gasteiger partial charge in [0.1, 0.15) is 0 Å². The maximum absolute atomic E-state index is 11.8. The number of hydrogen-bond donors (Lipinski definition) is 1. The van der Waals surface area contributed by atoms with Gasteiger partial charge in [-0.05, 0) is 26.2 Å². The van der Waals surface area contributed by atoms with E-state index in [1.54, 1.807) is 0 Å². The first kappa shape index (κ1) is 12.5. The highest BCUT2D eigenvalue weighted by Gasteiger charge is 2.35. The summed E-state index contributed by atoms with van der Waals surface area (Å²) in [4.78, 5) is 11.8. The van der Waals surface area contributed by atoms with Crippen LogP contribution in [0.5, 0.6) is 0 Å². The second-order valence-electron chi connectivity index (χ2n) is 4.57. The molecule has 0 bridgehead atoms. The van der Waals surface area contributed by atoms with Crippen molar-refractivity contribution < 1.29 is 9.53 Å². The Labute approximate surface area is 92.6 Å². The van der Waals surface area contributed by atoms with E-state index in [-0.39, 0.29) is 11.3 Å². The Hall–Kier alpha value is -0.570. The number of carbonyl (C=O) groups is 1. The summed E-state index contributed by atoms with van der Waals surface area (Å²) in [5.41, 5.74) is -0.0917. The van der Waals surface area contributed by atoms with Gasteiger partial charge in [-0.1, -0.05) is 19.8 Å². The van der Waals surface area contributed by atoms with Crippen LogP contribution in [0, 0.1) is 5.41 Å². The van der Waals surface area contributed by atoms with Crippen LogP contribution in [0.2, 0.25) is 0 Å². The number of hydrogen-bond acceptors (Lipinski definition) is 2. The fourth-order valence-corrected chi connectivity index (χ4v) is 2.12. The van der Waals surface area contributed by atoms with E-state index < -0.39 is 0 Å². The molecule has 1 fully saturated rings. The van der Waals surface area contributed by atoms with Gasteiger partial charge in [0.05, 0.1) is 0 Å². The zero-order valence-electron chi connectivity index (χ0n) is 9.97. The van der Waals surface area contributed by atoms with E-state index in [4.69, 9.17) is 4.74 Å². The molecule has 0 aromatic rings. The lowest BCUT2D eigenvalue weighted by molar-refractivity contribution is -0.129. The minimum absolute atomic E-state index is 0.0917. The molecule has 0 heterocycles. The van der Waals surface area contributed by atoms with Crippen molar-refractivity contribution >= 4 is 5.91 Å². The van der Waals surface area contributed by atoms with Gasteiger partial charge >= 0.3 is 0 Å². The van der Waals surface area contributed by atoms with E-state index >= 15 is 0 Å². The van der Waals surface area contributed by atoms with E-state index in [0.717, 1.165) is 39.0 Å². The highest BCUT2D eigenvalue weighted by atomic mass is 16.5. The summed E-state index contributed by atoms with van der Waals surface area (Å²) in [6.07, 6.45) is 5.40. The van der Waals surface area contributed by atoms with Gasteiger partial charge in [0.15, 0.2) is 0 Å². The summed E-state index contributed by atoms with van der Waals surface area (Å²) in [7, 11) is 0. The monoisotopic (exact) mass is 213 g/mol. The normalized spacial score (nSPS) is 19.1. The topological polar surface area (TPSA) is 38.3 Å². The number of nitrogens with one attached hydrogen (secondary N) is 1. The Kier molecular flexibility index (Phi) is 5.09. The largest absolute Gasteiger partial charge is 0.382 e. The van der Waals surface area contributed by atoms with Crippen LogP contribution in [0.4, 0.5) is 0 Å². The minimum Gasteiger partial charge on any atom is -0.382 e. The average Bonchev–Trinajstić information content (AvgIpc) is 2.66. The molecule has 0 spiro atoms. The number of amides is 1. The summed E-state index contributed by atoms with van der Waals surface area (Å²) >= 11 is 0. The molecule has 3 nitrogen and oxygen atoms in total. The Bertz CT molecular complexity index is 198. The molecule has 0 saturated heterocycles. The minimum atomic E-state index is -0.0917. The Morgan fingerprint density at radius 2 is 2.07 bits per heavy atom. The lowest BCUT2D eigenvalue weighted by atomic mass is 9.88.